The van der Waals surface area contributed by atoms with E-state index in [0.29, 0.717) is 24.9 Å². The van der Waals surface area contributed by atoms with Gasteiger partial charge in [0.05, 0.1) is 6.54 Å². The van der Waals surface area contributed by atoms with Crippen molar-refractivity contribution in [3.05, 3.63) is 24.0 Å². The molecule has 0 radical (unpaired) electrons. The first-order valence-electron chi connectivity index (χ1n) is 6.73. The van der Waals surface area contributed by atoms with Crippen molar-refractivity contribution in [2.75, 3.05) is 26.7 Å². The minimum absolute atomic E-state index is 0.121. The second-order valence-electron chi connectivity index (χ2n) is 4.53. The second kappa shape index (κ2) is 8.74. The fraction of sp³-hybridized carbons (Fsp3) is 0.500. The van der Waals surface area contributed by atoms with Crippen molar-refractivity contribution in [2.45, 2.75) is 24.2 Å². The topological polar surface area (TPSA) is 96.5 Å². The highest BCUT2D eigenvalue weighted by atomic mass is 32.2. The number of nitrogens with zero attached hydrogens (tertiary/aromatic N) is 2. The summed E-state index contributed by atoms with van der Waals surface area (Å²) in [5.74, 6) is 5.43. The molecule has 116 valence electrons. The van der Waals surface area contributed by atoms with E-state index in [9.17, 15) is 8.42 Å². The minimum Gasteiger partial charge on any atom is -0.396 e. The Labute approximate surface area is 126 Å². The van der Waals surface area contributed by atoms with E-state index < -0.39 is 10.0 Å². The summed E-state index contributed by atoms with van der Waals surface area (Å²) in [6.07, 6.45) is 4.99. The van der Waals surface area contributed by atoms with E-state index in [1.165, 1.54) is 29.8 Å². The first-order chi connectivity index (χ1) is 10.0. The number of nitrogens with two attached hydrogens (primary N) is 1. The van der Waals surface area contributed by atoms with E-state index in [-0.39, 0.29) is 18.0 Å². The quantitative estimate of drug-likeness (QED) is 0.553. The molecule has 1 aromatic heterocycles. The van der Waals surface area contributed by atoms with E-state index >= 15 is 0 Å². The molecule has 0 unspecified atom stereocenters. The SMILES string of the molecule is CN(CCCCCO)S(=O)(=O)c1cncc(C#CCN)c1. The summed E-state index contributed by atoms with van der Waals surface area (Å²) in [6, 6.07) is 1.50. The van der Waals surface area contributed by atoms with Gasteiger partial charge in [0.25, 0.3) is 0 Å². The molecule has 6 nitrogen and oxygen atoms in total. The van der Waals surface area contributed by atoms with Gasteiger partial charge in [-0.1, -0.05) is 11.8 Å². The number of rotatable bonds is 7. The fourth-order valence-electron chi connectivity index (χ4n) is 1.70. The lowest BCUT2D eigenvalue weighted by atomic mass is 10.2. The van der Waals surface area contributed by atoms with Gasteiger partial charge in [0, 0.05) is 38.2 Å². The molecule has 0 aliphatic rings. The van der Waals surface area contributed by atoms with Gasteiger partial charge in [-0.2, -0.15) is 0 Å². The Bertz CT molecular complexity index is 605. The maximum atomic E-state index is 12.4. The summed E-state index contributed by atoms with van der Waals surface area (Å²) in [7, 11) is -2.03. The Morgan fingerprint density at radius 3 is 2.76 bits per heavy atom. The molecule has 0 aromatic carbocycles. The number of aliphatic hydroxyl groups is 1. The highest BCUT2D eigenvalue weighted by molar-refractivity contribution is 7.89. The Morgan fingerprint density at radius 2 is 2.10 bits per heavy atom. The lowest BCUT2D eigenvalue weighted by Crippen LogP contribution is -2.28. The number of pyridine rings is 1. The van der Waals surface area contributed by atoms with Crippen LogP contribution in [0.1, 0.15) is 24.8 Å². The van der Waals surface area contributed by atoms with Crippen LogP contribution in [-0.2, 0) is 10.0 Å². The normalized spacial score (nSPS) is 11.2. The number of sulfonamides is 1. The molecule has 1 aromatic rings. The van der Waals surface area contributed by atoms with Gasteiger partial charge in [-0.25, -0.2) is 12.7 Å². The molecule has 0 saturated carbocycles. The van der Waals surface area contributed by atoms with Crippen molar-refractivity contribution in [3.63, 3.8) is 0 Å². The van der Waals surface area contributed by atoms with Gasteiger partial charge in [0.2, 0.25) is 10.0 Å². The summed E-state index contributed by atoms with van der Waals surface area (Å²) in [5.41, 5.74) is 5.81. The molecule has 7 heteroatoms. The van der Waals surface area contributed by atoms with Crippen LogP contribution in [0.3, 0.4) is 0 Å². The molecule has 21 heavy (non-hydrogen) atoms. The standard InChI is InChI=1S/C14H21N3O3S/c1-17(8-3-2-4-9-18)21(19,20)14-10-13(6-5-7-15)11-16-12-14/h10-12,18H,2-4,7-9,15H2,1H3. The molecular weight excluding hydrogens is 290 g/mol. The fourth-order valence-corrected chi connectivity index (χ4v) is 2.90. The predicted molar refractivity (Wildman–Crippen MR) is 80.9 cm³/mol. The van der Waals surface area contributed by atoms with Crippen LogP contribution in [0.5, 0.6) is 0 Å². The van der Waals surface area contributed by atoms with Crippen LogP contribution < -0.4 is 5.73 Å². The van der Waals surface area contributed by atoms with Crippen molar-refractivity contribution < 1.29 is 13.5 Å². The Morgan fingerprint density at radius 1 is 1.33 bits per heavy atom. The van der Waals surface area contributed by atoms with Crippen molar-refractivity contribution >= 4 is 10.0 Å². The third-order valence-corrected chi connectivity index (χ3v) is 4.71. The summed E-state index contributed by atoms with van der Waals surface area (Å²) >= 11 is 0. The Balaban J connectivity index is 2.81. The molecule has 0 amide bonds. The molecule has 0 atom stereocenters. The van der Waals surface area contributed by atoms with Crippen LogP contribution >= 0.6 is 0 Å². The molecule has 0 spiro atoms. The van der Waals surface area contributed by atoms with Crippen molar-refractivity contribution in [3.8, 4) is 11.8 Å². The van der Waals surface area contributed by atoms with Gasteiger partial charge >= 0.3 is 0 Å². The molecule has 1 heterocycles. The maximum absolute atomic E-state index is 12.4. The van der Waals surface area contributed by atoms with Crippen LogP contribution in [0.15, 0.2) is 23.4 Å². The van der Waals surface area contributed by atoms with Gasteiger partial charge < -0.3 is 10.8 Å². The highest BCUT2D eigenvalue weighted by Gasteiger charge is 2.20. The van der Waals surface area contributed by atoms with Crippen LogP contribution in [-0.4, -0.2) is 49.6 Å². The second-order valence-corrected chi connectivity index (χ2v) is 6.57. The molecule has 0 saturated heterocycles. The zero-order valence-corrected chi connectivity index (χ0v) is 12.9. The first kappa shape index (κ1) is 17.6. The molecule has 0 fully saturated rings. The number of hydrogen-bond acceptors (Lipinski definition) is 5. The van der Waals surface area contributed by atoms with E-state index in [1.54, 1.807) is 0 Å². The molecule has 3 N–H and O–H groups in total. The monoisotopic (exact) mass is 311 g/mol. The Kier molecular flexibility index (Phi) is 7.32. The largest absolute Gasteiger partial charge is 0.396 e. The number of hydrogen-bond donors (Lipinski definition) is 2. The van der Waals surface area contributed by atoms with Crippen molar-refractivity contribution in [1.29, 1.82) is 0 Å². The van der Waals surface area contributed by atoms with Gasteiger partial charge in [-0.05, 0) is 25.3 Å². The number of aliphatic hydroxyl groups excluding tert-OH is 1. The number of aromatic nitrogens is 1. The molecule has 0 bridgehead atoms. The zero-order valence-electron chi connectivity index (χ0n) is 12.1. The molecule has 0 aliphatic carbocycles. The summed E-state index contributed by atoms with van der Waals surface area (Å²) < 4.78 is 26.1. The minimum atomic E-state index is -3.56. The smallest absolute Gasteiger partial charge is 0.244 e. The molecule has 0 aliphatic heterocycles. The van der Waals surface area contributed by atoms with E-state index in [1.807, 2.05) is 0 Å². The van der Waals surface area contributed by atoms with Crippen LogP contribution in [0.4, 0.5) is 0 Å². The van der Waals surface area contributed by atoms with E-state index in [4.69, 9.17) is 10.8 Å². The first-order valence-corrected chi connectivity index (χ1v) is 8.17. The van der Waals surface area contributed by atoms with E-state index in [2.05, 4.69) is 16.8 Å². The summed E-state index contributed by atoms with van der Waals surface area (Å²) in [6.45, 7) is 0.741. The van der Waals surface area contributed by atoms with Crippen molar-refractivity contribution in [2.24, 2.45) is 5.73 Å². The van der Waals surface area contributed by atoms with Crippen LogP contribution in [0, 0.1) is 11.8 Å². The number of unbranched alkanes of at least 4 members (excludes halogenated alkanes) is 2. The van der Waals surface area contributed by atoms with Crippen LogP contribution in [0.2, 0.25) is 0 Å². The lowest BCUT2D eigenvalue weighted by molar-refractivity contribution is 0.281. The average molecular weight is 311 g/mol. The third kappa shape index (κ3) is 5.44. The summed E-state index contributed by atoms with van der Waals surface area (Å²) in [4.78, 5) is 4.04. The van der Waals surface area contributed by atoms with E-state index in [0.717, 1.165) is 6.42 Å². The highest BCUT2D eigenvalue weighted by Crippen LogP contribution is 2.15. The summed E-state index contributed by atoms with van der Waals surface area (Å²) in [5, 5.41) is 8.71. The zero-order chi connectivity index (χ0) is 15.7. The molecule has 1 rings (SSSR count). The third-order valence-electron chi connectivity index (χ3n) is 2.89. The Hall–Kier alpha value is -1.46. The van der Waals surface area contributed by atoms with Crippen molar-refractivity contribution in [1.82, 2.24) is 9.29 Å². The predicted octanol–water partition coefficient (Wildman–Crippen LogP) is 0.175. The van der Waals surface area contributed by atoms with Gasteiger partial charge in [-0.3, -0.25) is 4.98 Å². The molecular formula is C14H21N3O3S. The maximum Gasteiger partial charge on any atom is 0.244 e. The van der Waals surface area contributed by atoms with Gasteiger partial charge in [0.15, 0.2) is 0 Å². The van der Waals surface area contributed by atoms with Crippen LogP contribution in [0.25, 0.3) is 0 Å². The van der Waals surface area contributed by atoms with Gasteiger partial charge in [0.1, 0.15) is 4.90 Å². The average Bonchev–Trinajstić information content (AvgIpc) is 2.49. The lowest BCUT2D eigenvalue weighted by Gasteiger charge is -2.16. The van der Waals surface area contributed by atoms with Gasteiger partial charge in [-0.15, -0.1) is 0 Å².